The smallest absolute Gasteiger partial charge is 0.211 e. The highest BCUT2D eigenvalue weighted by molar-refractivity contribution is 7.57. The van der Waals surface area contributed by atoms with E-state index in [2.05, 4.69) is 6.92 Å². The third kappa shape index (κ3) is 6.27. The SMILES string of the molecule is CCCN(C)CP(C)(=O)O. The van der Waals surface area contributed by atoms with Crippen molar-refractivity contribution in [1.82, 2.24) is 4.90 Å². The van der Waals surface area contributed by atoms with Crippen LogP contribution in [0.4, 0.5) is 0 Å². The molecule has 0 heterocycles. The van der Waals surface area contributed by atoms with Gasteiger partial charge in [0.15, 0.2) is 0 Å². The van der Waals surface area contributed by atoms with Gasteiger partial charge in [-0.1, -0.05) is 6.92 Å². The van der Waals surface area contributed by atoms with Gasteiger partial charge in [-0.05, 0) is 20.0 Å². The first-order valence-electron chi connectivity index (χ1n) is 3.43. The van der Waals surface area contributed by atoms with Gasteiger partial charge in [-0.15, -0.1) is 0 Å². The van der Waals surface area contributed by atoms with Crippen LogP contribution in [0.5, 0.6) is 0 Å². The maximum atomic E-state index is 10.8. The molecule has 0 aliphatic heterocycles. The lowest BCUT2D eigenvalue weighted by molar-refractivity contribution is 0.362. The Morgan fingerprint density at radius 1 is 1.60 bits per heavy atom. The van der Waals surface area contributed by atoms with Crippen LogP contribution in [0.25, 0.3) is 0 Å². The van der Waals surface area contributed by atoms with E-state index >= 15 is 0 Å². The van der Waals surface area contributed by atoms with Crippen molar-refractivity contribution in [2.75, 3.05) is 26.5 Å². The van der Waals surface area contributed by atoms with E-state index in [4.69, 9.17) is 4.89 Å². The number of hydrogen-bond donors (Lipinski definition) is 1. The van der Waals surface area contributed by atoms with Crippen LogP contribution in [0.3, 0.4) is 0 Å². The minimum Gasteiger partial charge on any atom is -0.344 e. The van der Waals surface area contributed by atoms with E-state index in [1.807, 2.05) is 11.9 Å². The Hall–Kier alpha value is 0.150. The fraction of sp³-hybridized carbons (Fsp3) is 1.00. The summed E-state index contributed by atoms with van der Waals surface area (Å²) in [5.74, 6) is 0. The third-order valence-corrected chi connectivity index (χ3v) is 2.12. The highest BCUT2D eigenvalue weighted by Gasteiger charge is 2.11. The minimum atomic E-state index is -2.83. The monoisotopic (exact) mass is 165 g/mol. The molecule has 62 valence electrons. The predicted molar refractivity (Wildman–Crippen MR) is 43.5 cm³/mol. The molecular formula is C6H16NO2P. The molecule has 0 aromatic heterocycles. The van der Waals surface area contributed by atoms with Crippen molar-refractivity contribution < 1.29 is 9.46 Å². The average molecular weight is 165 g/mol. The molecule has 0 radical (unpaired) electrons. The first-order valence-corrected chi connectivity index (χ1v) is 5.72. The van der Waals surface area contributed by atoms with Crippen molar-refractivity contribution in [2.24, 2.45) is 0 Å². The Morgan fingerprint density at radius 2 is 2.10 bits per heavy atom. The zero-order valence-electron chi connectivity index (χ0n) is 6.87. The Morgan fingerprint density at radius 3 is 2.40 bits per heavy atom. The van der Waals surface area contributed by atoms with Gasteiger partial charge in [0.2, 0.25) is 7.37 Å². The Labute approximate surface area is 62.5 Å². The highest BCUT2D eigenvalue weighted by Crippen LogP contribution is 2.35. The average Bonchev–Trinajstić information content (AvgIpc) is 1.59. The topological polar surface area (TPSA) is 40.5 Å². The van der Waals surface area contributed by atoms with Crippen molar-refractivity contribution in [2.45, 2.75) is 13.3 Å². The molecule has 0 bridgehead atoms. The summed E-state index contributed by atoms with van der Waals surface area (Å²) in [6.07, 6.45) is 1.33. The summed E-state index contributed by atoms with van der Waals surface area (Å²) < 4.78 is 10.8. The summed E-state index contributed by atoms with van der Waals surface area (Å²) in [5.41, 5.74) is 0. The molecule has 0 aliphatic carbocycles. The maximum Gasteiger partial charge on any atom is 0.211 e. The summed E-state index contributed by atoms with van der Waals surface area (Å²) in [7, 11) is -0.969. The summed E-state index contributed by atoms with van der Waals surface area (Å²) in [6, 6.07) is 0. The van der Waals surface area contributed by atoms with Crippen molar-refractivity contribution >= 4 is 7.37 Å². The summed E-state index contributed by atoms with van der Waals surface area (Å²) in [6.45, 7) is 4.33. The molecular weight excluding hydrogens is 149 g/mol. The Balaban J connectivity index is 3.58. The molecule has 1 unspecified atom stereocenters. The second kappa shape index (κ2) is 4.12. The zero-order chi connectivity index (χ0) is 8.20. The molecule has 0 spiro atoms. The zero-order valence-corrected chi connectivity index (χ0v) is 7.77. The minimum absolute atomic E-state index is 0.306. The van der Waals surface area contributed by atoms with Crippen LogP contribution >= 0.6 is 7.37 Å². The summed E-state index contributed by atoms with van der Waals surface area (Å²) in [5, 5.41) is 0. The van der Waals surface area contributed by atoms with Crippen molar-refractivity contribution in [3.05, 3.63) is 0 Å². The highest BCUT2D eigenvalue weighted by atomic mass is 31.2. The predicted octanol–water partition coefficient (Wildman–Crippen LogP) is 1.19. The quantitative estimate of drug-likeness (QED) is 0.636. The van der Waals surface area contributed by atoms with Gasteiger partial charge < -0.3 is 4.89 Å². The van der Waals surface area contributed by atoms with Gasteiger partial charge in [-0.25, -0.2) is 0 Å². The molecule has 3 nitrogen and oxygen atoms in total. The lowest BCUT2D eigenvalue weighted by atomic mass is 10.5. The molecule has 1 atom stereocenters. The first-order chi connectivity index (χ1) is 4.45. The molecule has 1 N–H and O–H groups in total. The molecule has 0 amide bonds. The van der Waals surface area contributed by atoms with Crippen LogP contribution < -0.4 is 0 Å². The number of nitrogens with zero attached hydrogens (tertiary/aromatic N) is 1. The van der Waals surface area contributed by atoms with Crippen molar-refractivity contribution in [3.8, 4) is 0 Å². The van der Waals surface area contributed by atoms with E-state index in [1.54, 1.807) is 0 Å². The van der Waals surface area contributed by atoms with Gasteiger partial charge in [-0.3, -0.25) is 9.46 Å². The molecule has 0 saturated heterocycles. The molecule has 0 aliphatic rings. The van der Waals surface area contributed by atoms with E-state index in [1.165, 1.54) is 6.66 Å². The van der Waals surface area contributed by atoms with Crippen LogP contribution in [0, 0.1) is 0 Å². The molecule has 0 fully saturated rings. The molecule has 0 aromatic carbocycles. The lowest BCUT2D eigenvalue weighted by Crippen LogP contribution is -2.20. The molecule has 4 heteroatoms. The molecule has 0 saturated carbocycles. The van der Waals surface area contributed by atoms with E-state index in [9.17, 15) is 4.57 Å². The van der Waals surface area contributed by atoms with E-state index in [0.717, 1.165) is 13.0 Å². The van der Waals surface area contributed by atoms with Crippen LogP contribution in [0.2, 0.25) is 0 Å². The molecule has 0 rings (SSSR count). The number of hydrogen-bond acceptors (Lipinski definition) is 2. The second-order valence-corrected chi connectivity index (χ2v) is 5.16. The lowest BCUT2D eigenvalue weighted by Gasteiger charge is -2.16. The van der Waals surface area contributed by atoms with Gasteiger partial charge >= 0.3 is 0 Å². The van der Waals surface area contributed by atoms with Crippen LogP contribution in [-0.2, 0) is 4.57 Å². The van der Waals surface area contributed by atoms with Crippen LogP contribution in [0.1, 0.15) is 13.3 Å². The summed E-state index contributed by atoms with van der Waals surface area (Å²) in [4.78, 5) is 10.8. The van der Waals surface area contributed by atoms with Crippen molar-refractivity contribution in [3.63, 3.8) is 0 Å². The Bertz CT molecular complexity index is 132. The molecule has 0 aromatic rings. The fourth-order valence-corrected chi connectivity index (χ4v) is 1.94. The maximum absolute atomic E-state index is 10.8. The van der Waals surface area contributed by atoms with Gasteiger partial charge in [0.25, 0.3) is 0 Å². The van der Waals surface area contributed by atoms with E-state index in [-0.39, 0.29) is 0 Å². The molecule has 10 heavy (non-hydrogen) atoms. The van der Waals surface area contributed by atoms with Crippen LogP contribution in [0.15, 0.2) is 0 Å². The fourth-order valence-electron chi connectivity index (χ4n) is 0.900. The van der Waals surface area contributed by atoms with E-state index < -0.39 is 7.37 Å². The van der Waals surface area contributed by atoms with Gasteiger partial charge in [0.1, 0.15) is 0 Å². The van der Waals surface area contributed by atoms with Gasteiger partial charge in [0.05, 0.1) is 6.29 Å². The Kier molecular flexibility index (Phi) is 4.18. The number of rotatable bonds is 4. The van der Waals surface area contributed by atoms with Crippen molar-refractivity contribution in [1.29, 1.82) is 0 Å². The second-order valence-electron chi connectivity index (χ2n) is 2.77. The summed E-state index contributed by atoms with van der Waals surface area (Å²) >= 11 is 0. The standard InChI is InChI=1S/C6H16NO2P/c1-4-5-7(2)6-10(3,8)9/h4-6H2,1-3H3,(H,8,9). The van der Waals surface area contributed by atoms with Gasteiger partial charge in [0, 0.05) is 6.66 Å². The third-order valence-electron chi connectivity index (χ3n) is 1.11. The van der Waals surface area contributed by atoms with E-state index in [0.29, 0.717) is 6.29 Å². The van der Waals surface area contributed by atoms with Gasteiger partial charge in [-0.2, -0.15) is 0 Å². The van der Waals surface area contributed by atoms with Crippen LogP contribution in [-0.4, -0.2) is 36.3 Å². The first kappa shape index (κ1) is 10.2. The largest absolute Gasteiger partial charge is 0.344 e. The normalized spacial score (nSPS) is 17.3.